The number of aromatic nitrogens is 3. The molecule has 0 amide bonds. The Morgan fingerprint density at radius 1 is 1.00 bits per heavy atom. The van der Waals surface area contributed by atoms with Crippen LogP contribution in [-0.4, -0.2) is 14.8 Å². The molecule has 0 bridgehead atoms. The van der Waals surface area contributed by atoms with E-state index in [2.05, 4.69) is 10.1 Å². The molecular weight excluding hydrogens is 379 g/mol. The molecule has 6 N–H and O–H groups in total. The highest BCUT2D eigenvalue weighted by Crippen LogP contribution is 2.27. The van der Waals surface area contributed by atoms with Gasteiger partial charge in [-0.1, -0.05) is 18.2 Å². The number of hydrogen-bond donors (Lipinski definition) is 3. The second kappa shape index (κ2) is 8.83. The van der Waals surface area contributed by atoms with Crippen molar-refractivity contribution in [3.63, 3.8) is 0 Å². The van der Waals surface area contributed by atoms with Gasteiger partial charge in [0.25, 0.3) is 0 Å². The molecule has 126 valence electrons. The van der Waals surface area contributed by atoms with Gasteiger partial charge in [0.2, 0.25) is 0 Å². The van der Waals surface area contributed by atoms with Crippen molar-refractivity contribution >= 4 is 65.8 Å². The first kappa shape index (κ1) is 21.3. The summed E-state index contributed by atoms with van der Waals surface area (Å²) in [7, 11) is 0. The summed E-state index contributed by atoms with van der Waals surface area (Å²) in [5, 5.41) is 7.00. The van der Waals surface area contributed by atoms with Crippen LogP contribution in [0.4, 0.5) is 17.2 Å². The van der Waals surface area contributed by atoms with Crippen LogP contribution in [-0.2, 0) is 6.54 Å². The number of halogens is 3. The number of rotatable bonds is 3. The van der Waals surface area contributed by atoms with Crippen molar-refractivity contribution in [1.29, 1.82) is 0 Å². The summed E-state index contributed by atoms with van der Waals surface area (Å²) in [6.45, 7) is 0.500. The Labute approximate surface area is 156 Å². The first-order valence-corrected chi connectivity index (χ1v) is 6.89. The van der Waals surface area contributed by atoms with E-state index in [9.17, 15) is 0 Å². The third-order valence-electron chi connectivity index (χ3n) is 2.98. The maximum absolute atomic E-state index is 5.95. The van der Waals surface area contributed by atoms with Gasteiger partial charge in [0.1, 0.15) is 10.8 Å². The predicted octanol–water partition coefficient (Wildman–Crippen LogP) is 3.07. The summed E-state index contributed by atoms with van der Waals surface area (Å²) < 4.78 is 1.63. The van der Waals surface area contributed by atoms with Crippen molar-refractivity contribution in [1.82, 2.24) is 14.8 Å². The lowest BCUT2D eigenvalue weighted by Gasteiger charge is -2.02. The first-order chi connectivity index (χ1) is 9.65. The molecule has 0 spiro atoms. The Hall–Kier alpha value is -1.67. The molecule has 0 saturated carbocycles. The number of para-hydroxylation sites is 1. The van der Waals surface area contributed by atoms with Gasteiger partial charge in [0.05, 0.1) is 24.1 Å². The van der Waals surface area contributed by atoms with Crippen molar-refractivity contribution in [2.45, 2.75) is 6.54 Å². The molecule has 3 rings (SSSR count). The van der Waals surface area contributed by atoms with Crippen molar-refractivity contribution in [3.8, 4) is 11.3 Å². The highest BCUT2D eigenvalue weighted by Gasteiger charge is 2.10. The molecule has 6 nitrogen and oxygen atoms in total. The SMILES string of the molecule is Cl.Cl.Cl.Nc1ccccc1-c1csc(Cn2ncc(N)c2N)n1. The molecule has 0 unspecified atom stereocenters. The zero-order valence-electron chi connectivity index (χ0n) is 11.9. The molecule has 0 aliphatic heterocycles. The van der Waals surface area contributed by atoms with E-state index in [0.717, 1.165) is 16.3 Å². The normalized spacial score (nSPS) is 9.39. The summed E-state index contributed by atoms with van der Waals surface area (Å²) in [6.07, 6.45) is 1.54. The fraction of sp³-hybridized carbons (Fsp3) is 0.0769. The van der Waals surface area contributed by atoms with Gasteiger partial charge in [-0.05, 0) is 6.07 Å². The third-order valence-corrected chi connectivity index (χ3v) is 3.82. The topological polar surface area (TPSA) is 109 Å². The van der Waals surface area contributed by atoms with Gasteiger partial charge in [-0.2, -0.15) is 5.10 Å². The number of anilines is 3. The molecule has 0 saturated heterocycles. The number of nitrogens with zero attached hydrogens (tertiary/aromatic N) is 3. The lowest BCUT2D eigenvalue weighted by molar-refractivity contribution is 0.694. The Balaban J connectivity index is 0.00000161. The largest absolute Gasteiger partial charge is 0.398 e. The van der Waals surface area contributed by atoms with Crippen molar-refractivity contribution < 1.29 is 0 Å². The minimum absolute atomic E-state index is 0. The molecular formula is C13H17Cl3N6S. The van der Waals surface area contributed by atoms with E-state index in [-0.39, 0.29) is 37.2 Å². The Morgan fingerprint density at radius 3 is 2.30 bits per heavy atom. The van der Waals surface area contributed by atoms with Crippen molar-refractivity contribution in [2.75, 3.05) is 17.2 Å². The van der Waals surface area contributed by atoms with Crippen LogP contribution in [0.25, 0.3) is 11.3 Å². The average Bonchev–Trinajstić information content (AvgIpc) is 3.02. The van der Waals surface area contributed by atoms with Crippen molar-refractivity contribution in [3.05, 3.63) is 40.8 Å². The van der Waals surface area contributed by atoms with Crippen molar-refractivity contribution in [2.24, 2.45) is 0 Å². The predicted molar refractivity (Wildman–Crippen MR) is 104 cm³/mol. The van der Waals surface area contributed by atoms with E-state index in [1.54, 1.807) is 22.2 Å². The number of nitrogens with two attached hydrogens (primary N) is 3. The Bertz CT molecular complexity index is 758. The van der Waals surface area contributed by atoms with E-state index in [1.165, 1.54) is 0 Å². The van der Waals surface area contributed by atoms with Crippen LogP contribution in [0.1, 0.15) is 5.01 Å². The second-order valence-electron chi connectivity index (χ2n) is 4.36. The van der Waals surface area contributed by atoms with E-state index in [4.69, 9.17) is 17.2 Å². The molecule has 3 aromatic rings. The molecule has 1 aromatic carbocycles. The fourth-order valence-corrected chi connectivity index (χ4v) is 2.68. The second-order valence-corrected chi connectivity index (χ2v) is 5.30. The van der Waals surface area contributed by atoms with Crippen LogP contribution in [0.5, 0.6) is 0 Å². The summed E-state index contributed by atoms with van der Waals surface area (Å²) in [4.78, 5) is 4.57. The standard InChI is InChI=1S/C13H14N6S.3ClH/c14-9-4-2-1-3-8(9)11-7-20-12(18-11)6-19-13(16)10(15)5-17-19;;;/h1-5,7H,6,14-16H2;3*1H. The molecule has 0 aliphatic carbocycles. The summed E-state index contributed by atoms with van der Waals surface area (Å²) in [5.74, 6) is 0.459. The molecule has 0 radical (unpaired) electrons. The maximum Gasteiger partial charge on any atom is 0.145 e. The zero-order chi connectivity index (χ0) is 14.1. The first-order valence-electron chi connectivity index (χ1n) is 6.01. The van der Waals surface area contributed by atoms with Gasteiger partial charge in [-0.3, -0.25) is 0 Å². The minimum Gasteiger partial charge on any atom is -0.398 e. The van der Waals surface area contributed by atoms with Gasteiger partial charge in [-0.15, -0.1) is 48.6 Å². The minimum atomic E-state index is 0. The molecule has 0 fully saturated rings. The fourth-order valence-electron chi connectivity index (χ4n) is 1.90. The van der Waals surface area contributed by atoms with Crippen LogP contribution in [0.2, 0.25) is 0 Å². The quantitative estimate of drug-likeness (QED) is 0.590. The summed E-state index contributed by atoms with van der Waals surface area (Å²) >= 11 is 1.54. The molecule has 2 aromatic heterocycles. The third kappa shape index (κ3) is 4.42. The maximum atomic E-state index is 5.95. The highest BCUT2D eigenvalue weighted by molar-refractivity contribution is 7.09. The van der Waals surface area contributed by atoms with E-state index >= 15 is 0 Å². The van der Waals surface area contributed by atoms with Gasteiger partial charge in [0.15, 0.2) is 0 Å². The molecule has 0 atom stereocenters. The van der Waals surface area contributed by atoms with Crippen LogP contribution in [0.3, 0.4) is 0 Å². The van der Waals surface area contributed by atoms with Crippen LogP contribution in [0.15, 0.2) is 35.8 Å². The average molecular weight is 396 g/mol. The molecule has 10 heteroatoms. The monoisotopic (exact) mass is 394 g/mol. The van der Waals surface area contributed by atoms with Gasteiger partial charge < -0.3 is 17.2 Å². The van der Waals surface area contributed by atoms with Crippen LogP contribution < -0.4 is 17.2 Å². The highest BCUT2D eigenvalue weighted by atomic mass is 35.5. The van der Waals surface area contributed by atoms with E-state index < -0.39 is 0 Å². The smallest absolute Gasteiger partial charge is 0.145 e. The van der Waals surface area contributed by atoms with Gasteiger partial charge in [-0.25, -0.2) is 9.67 Å². The lowest BCUT2D eigenvalue weighted by Crippen LogP contribution is -2.06. The zero-order valence-corrected chi connectivity index (χ0v) is 15.1. The molecule has 23 heavy (non-hydrogen) atoms. The Morgan fingerprint density at radius 2 is 1.70 bits per heavy atom. The molecule has 0 aliphatic rings. The summed E-state index contributed by atoms with van der Waals surface area (Å²) in [5.41, 5.74) is 20.4. The number of thiazole rings is 1. The number of nitrogen functional groups attached to an aromatic ring is 3. The van der Waals surface area contributed by atoms with Crippen LogP contribution >= 0.6 is 48.6 Å². The van der Waals surface area contributed by atoms with Gasteiger partial charge in [0, 0.05) is 16.6 Å². The van der Waals surface area contributed by atoms with Crippen LogP contribution in [0, 0.1) is 0 Å². The number of benzene rings is 1. The lowest BCUT2D eigenvalue weighted by atomic mass is 10.1. The van der Waals surface area contributed by atoms with Gasteiger partial charge >= 0.3 is 0 Å². The summed E-state index contributed by atoms with van der Waals surface area (Å²) in [6, 6.07) is 7.66. The van der Waals surface area contributed by atoms with E-state index in [0.29, 0.717) is 23.7 Å². The van der Waals surface area contributed by atoms with E-state index in [1.807, 2.05) is 29.6 Å². The molecule has 2 heterocycles. The number of hydrogen-bond acceptors (Lipinski definition) is 6. The Kier molecular flexibility index (Phi) is 8.19.